The first-order chi connectivity index (χ1) is 14.5. The third-order valence-electron chi connectivity index (χ3n) is 4.77. The van der Waals surface area contributed by atoms with E-state index in [1.807, 2.05) is 56.3 Å². The summed E-state index contributed by atoms with van der Waals surface area (Å²) in [4.78, 5) is 20.3. The van der Waals surface area contributed by atoms with Crippen LogP contribution in [0, 0.1) is 0 Å². The Hall–Kier alpha value is -2.41. The Labute approximate surface area is 184 Å². The summed E-state index contributed by atoms with van der Waals surface area (Å²) in [6, 6.07) is 13.4. The smallest absolute Gasteiger partial charge is 0.264 e. The van der Waals surface area contributed by atoms with Crippen LogP contribution in [0.25, 0.3) is 21.0 Å². The molecule has 0 unspecified atom stereocenters. The van der Waals surface area contributed by atoms with Crippen LogP contribution in [0.4, 0.5) is 0 Å². The Morgan fingerprint density at radius 2 is 2.07 bits per heavy atom. The maximum absolute atomic E-state index is 13.4. The van der Waals surface area contributed by atoms with Crippen molar-refractivity contribution in [1.82, 2.24) is 9.88 Å². The fourth-order valence-corrected chi connectivity index (χ4v) is 4.81. The highest BCUT2D eigenvalue weighted by molar-refractivity contribution is 7.21. The number of para-hydroxylation sites is 1. The molecule has 0 bridgehead atoms. The van der Waals surface area contributed by atoms with Crippen LogP contribution < -0.4 is 0 Å². The zero-order valence-electron chi connectivity index (χ0n) is 16.9. The molecule has 0 fully saturated rings. The van der Waals surface area contributed by atoms with Gasteiger partial charge in [0.15, 0.2) is 0 Å². The average Bonchev–Trinajstić information content (AvgIpc) is 3.40. The van der Waals surface area contributed by atoms with Crippen LogP contribution in [0.15, 0.2) is 53.1 Å². The fraction of sp³-hybridized carbons (Fsp3) is 0.304. The Bertz CT molecular complexity index is 1150. The number of pyridine rings is 1. The first kappa shape index (κ1) is 20.8. The molecule has 3 aromatic heterocycles. The molecule has 4 aromatic rings. The Morgan fingerprint density at radius 1 is 1.23 bits per heavy atom. The zero-order chi connectivity index (χ0) is 21.1. The first-order valence-electron chi connectivity index (χ1n) is 9.94. The highest BCUT2D eigenvalue weighted by atomic mass is 35.5. The lowest BCUT2D eigenvalue weighted by molar-refractivity contribution is 0.0599. The molecule has 0 aliphatic rings. The van der Waals surface area contributed by atoms with E-state index >= 15 is 0 Å². The largest absolute Gasteiger partial charge is 0.467 e. The SMILES string of the molecule is CC(C)OCCCN(Cc1ccco1)C(=O)c1cc2c(Cl)nc3ccccc3c2s1. The Kier molecular flexibility index (Phi) is 6.37. The van der Waals surface area contributed by atoms with Crippen LogP contribution in [0.3, 0.4) is 0 Å². The van der Waals surface area contributed by atoms with E-state index in [0.717, 1.165) is 33.2 Å². The van der Waals surface area contributed by atoms with E-state index in [4.69, 9.17) is 20.8 Å². The van der Waals surface area contributed by atoms with Gasteiger partial charge in [0.2, 0.25) is 0 Å². The molecule has 7 heteroatoms. The lowest BCUT2D eigenvalue weighted by Crippen LogP contribution is -2.31. The molecule has 0 radical (unpaired) electrons. The molecule has 0 saturated heterocycles. The molecule has 0 N–H and O–H groups in total. The molecule has 3 heterocycles. The molecular weight excluding hydrogens is 420 g/mol. The first-order valence-corrected chi connectivity index (χ1v) is 11.1. The normalized spacial score (nSPS) is 11.6. The van der Waals surface area contributed by atoms with E-state index in [1.165, 1.54) is 11.3 Å². The van der Waals surface area contributed by atoms with E-state index in [1.54, 1.807) is 11.2 Å². The second kappa shape index (κ2) is 9.16. The van der Waals surface area contributed by atoms with Gasteiger partial charge in [-0.15, -0.1) is 11.3 Å². The summed E-state index contributed by atoms with van der Waals surface area (Å²) in [5.41, 5.74) is 0.828. The quantitative estimate of drug-likeness (QED) is 0.242. The number of aromatic nitrogens is 1. The molecule has 5 nitrogen and oxygen atoms in total. The molecule has 0 saturated carbocycles. The highest BCUT2D eigenvalue weighted by Gasteiger charge is 2.21. The summed E-state index contributed by atoms with van der Waals surface area (Å²) in [5, 5.41) is 2.23. The Balaban J connectivity index is 1.63. The average molecular weight is 443 g/mol. The van der Waals surface area contributed by atoms with Crippen LogP contribution in [0.2, 0.25) is 5.15 Å². The number of halogens is 1. The van der Waals surface area contributed by atoms with E-state index in [0.29, 0.717) is 29.7 Å². The number of fused-ring (bicyclic) bond motifs is 3. The van der Waals surface area contributed by atoms with Gasteiger partial charge in [-0.3, -0.25) is 4.79 Å². The van der Waals surface area contributed by atoms with Gasteiger partial charge in [-0.1, -0.05) is 29.8 Å². The summed E-state index contributed by atoms with van der Waals surface area (Å²) in [6.45, 7) is 5.60. The lowest BCUT2D eigenvalue weighted by atomic mass is 10.2. The van der Waals surface area contributed by atoms with Crippen molar-refractivity contribution >= 4 is 49.8 Å². The number of carbonyl (C=O) groups is 1. The summed E-state index contributed by atoms with van der Waals surface area (Å²) in [7, 11) is 0. The van der Waals surface area contributed by atoms with Gasteiger partial charge >= 0.3 is 0 Å². The van der Waals surface area contributed by atoms with Gasteiger partial charge in [0.05, 0.1) is 29.3 Å². The van der Waals surface area contributed by atoms with Crippen LogP contribution in [0.5, 0.6) is 0 Å². The van der Waals surface area contributed by atoms with Crippen molar-refractivity contribution in [3.8, 4) is 0 Å². The molecule has 156 valence electrons. The minimum absolute atomic E-state index is 0.0442. The third kappa shape index (κ3) is 4.51. The summed E-state index contributed by atoms with van der Waals surface area (Å²) in [6.07, 6.45) is 2.54. The predicted octanol–water partition coefficient (Wildman–Crippen LogP) is 6.15. The molecule has 0 aliphatic carbocycles. The highest BCUT2D eigenvalue weighted by Crippen LogP contribution is 2.36. The number of hydrogen-bond donors (Lipinski definition) is 0. The molecule has 0 spiro atoms. The second-order valence-electron chi connectivity index (χ2n) is 7.35. The van der Waals surface area contributed by atoms with Crippen LogP contribution in [-0.4, -0.2) is 35.0 Å². The topological polar surface area (TPSA) is 55.6 Å². The molecule has 1 amide bonds. The predicted molar refractivity (Wildman–Crippen MR) is 121 cm³/mol. The van der Waals surface area contributed by atoms with E-state index in [9.17, 15) is 4.79 Å². The zero-order valence-corrected chi connectivity index (χ0v) is 18.5. The number of nitrogens with zero attached hydrogens (tertiary/aromatic N) is 2. The Morgan fingerprint density at radius 3 is 2.83 bits per heavy atom. The van der Waals surface area contributed by atoms with Gasteiger partial charge in [0, 0.05) is 28.6 Å². The van der Waals surface area contributed by atoms with Crippen molar-refractivity contribution in [1.29, 1.82) is 0 Å². The molecule has 1 aromatic carbocycles. The lowest BCUT2D eigenvalue weighted by Gasteiger charge is -2.21. The van der Waals surface area contributed by atoms with Crippen molar-refractivity contribution in [2.45, 2.75) is 32.9 Å². The number of thiophene rings is 1. The monoisotopic (exact) mass is 442 g/mol. The van der Waals surface area contributed by atoms with Gasteiger partial charge in [0.25, 0.3) is 5.91 Å². The van der Waals surface area contributed by atoms with Crippen molar-refractivity contribution < 1.29 is 13.9 Å². The number of amides is 1. The fourth-order valence-electron chi connectivity index (χ4n) is 3.35. The summed E-state index contributed by atoms with van der Waals surface area (Å²) in [5.74, 6) is 0.705. The summed E-state index contributed by atoms with van der Waals surface area (Å²) >= 11 is 7.88. The van der Waals surface area contributed by atoms with E-state index in [-0.39, 0.29) is 12.0 Å². The van der Waals surface area contributed by atoms with E-state index in [2.05, 4.69) is 4.98 Å². The number of rotatable bonds is 8. The summed E-state index contributed by atoms with van der Waals surface area (Å²) < 4.78 is 12.1. The second-order valence-corrected chi connectivity index (χ2v) is 8.76. The van der Waals surface area contributed by atoms with Crippen molar-refractivity contribution in [3.63, 3.8) is 0 Å². The minimum atomic E-state index is -0.0442. The maximum atomic E-state index is 13.4. The van der Waals surface area contributed by atoms with Crippen LogP contribution in [-0.2, 0) is 11.3 Å². The van der Waals surface area contributed by atoms with Crippen molar-refractivity contribution in [3.05, 3.63) is 64.5 Å². The van der Waals surface area contributed by atoms with Gasteiger partial charge in [-0.05, 0) is 44.5 Å². The third-order valence-corrected chi connectivity index (χ3v) is 6.21. The number of hydrogen-bond acceptors (Lipinski definition) is 5. The molecule has 30 heavy (non-hydrogen) atoms. The van der Waals surface area contributed by atoms with Crippen LogP contribution >= 0.6 is 22.9 Å². The molecule has 0 atom stereocenters. The van der Waals surface area contributed by atoms with Gasteiger partial charge in [-0.2, -0.15) is 0 Å². The minimum Gasteiger partial charge on any atom is -0.467 e. The molecule has 4 rings (SSSR count). The van der Waals surface area contributed by atoms with Gasteiger partial charge < -0.3 is 14.1 Å². The number of ether oxygens (including phenoxy) is 1. The number of furan rings is 1. The van der Waals surface area contributed by atoms with Crippen LogP contribution in [0.1, 0.15) is 35.7 Å². The molecule has 0 aliphatic heterocycles. The number of carbonyl (C=O) groups excluding carboxylic acids is 1. The standard InChI is InChI=1S/C23H23ClN2O3S/c1-15(2)28-12-6-10-26(14-16-7-5-11-29-16)23(27)20-13-18-21(30-20)17-8-3-4-9-19(17)25-22(18)24/h3-5,7-9,11,13,15H,6,10,12,14H2,1-2H3. The van der Waals surface area contributed by atoms with Gasteiger partial charge in [0.1, 0.15) is 10.9 Å². The number of benzene rings is 1. The van der Waals surface area contributed by atoms with E-state index < -0.39 is 0 Å². The van der Waals surface area contributed by atoms with Crippen molar-refractivity contribution in [2.24, 2.45) is 0 Å². The van der Waals surface area contributed by atoms with Gasteiger partial charge in [-0.25, -0.2) is 4.98 Å². The maximum Gasteiger partial charge on any atom is 0.264 e. The molecular formula is C23H23ClN2O3S. The van der Waals surface area contributed by atoms with Crippen molar-refractivity contribution in [2.75, 3.05) is 13.2 Å².